The molecule has 1 heterocycles. The molecule has 21 heavy (non-hydrogen) atoms. The van der Waals surface area contributed by atoms with E-state index in [1.165, 1.54) is 11.3 Å². The summed E-state index contributed by atoms with van der Waals surface area (Å²) in [5.41, 5.74) is 8.05. The Morgan fingerprint density at radius 3 is 2.95 bits per heavy atom. The standard InChI is InChI=1S/C17H27N3O/c1-3-10-17(2,18)16(21)19-11-6-12-20-13-9-14-7-4-5-8-15(14)20/h4-5,7-8H,3,6,9-13,18H2,1-2H3,(H,19,21). The molecule has 0 spiro atoms. The summed E-state index contributed by atoms with van der Waals surface area (Å²) in [5.74, 6) is -0.0360. The highest BCUT2D eigenvalue weighted by molar-refractivity contribution is 5.85. The molecule has 1 unspecified atom stereocenters. The summed E-state index contributed by atoms with van der Waals surface area (Å²) in [6, 6.07) is 8.56. The van der Waals surface area contributed by atoms with E-state index in [-0.39, 0.29) is 5.91 Å². The van der Waals surface area contributed by atoms with Gasteiger partial charge in [0.15, 0.2) is 0 Å². The van der Waals surface area contributed by atoms with Crippen molar-refractivity contribution in [3.8, 4) is 0 Å². The van der Waals surface area contributed by atoms with E-state index < -0.39 is 5.54 Å². The number of carbonyl (C=O) groups is 1. The molecule has 0 bridgehead atoms. The molecule has 4 heteroatoms. The number of rotatable bonds is 7. The maximum atomic E-state index is 12.0. The van der Waals surface area contributed by atoms with Crippen LogP contribution in [0.2, 0.25) is 0 Å². The van der Waals surface area contributed by atoms with Gasteiger partial charge in [-0.3, -0.25) is 4.79 Å². The van der Waals surface area contributed by atoms with Crippen molar-refractivity contribution in [2.24, 2.45) is 5.73 Å². The van der Waals surface area contributed by atoms with Crippen LogP contribution in [0.3, 0.4) is 0 Å². The van der Waals surface area contributed by atoms with Gasteiger partial charge >= 0.3 is 0 Å². The first kappa shape index (κ1) is 15.8. The third-order valence-electron chi connectivity index (χ3n) is 4.16. The molecule has 0 fully saturated rings. The molecule has 4 nitrogen and oxygen atoms in total. The molecule has 3 N–H and O–H groups in total. The van der Waals surface area contributed by atoms with Crippen LogP contribution in [-0.4, -0.2) is 31.1 Å². The Morgan fingerprint density at radius 2 is 2.19 bits per heavy atom. The number of nitrogens with two attached hydrogens (primary N) is 1. The summed E-state index contributed by atoms with van der Waals surface area (Å²) < 4.78 is 0. The first-order valence-corrected chi connectivity index (χ1v) is 7.94. The van der Waals surface area contributed by atoms with E-state index >= 15 is 0 Å². The van der Waals surface area contributed by atoms with Crippen molar-refractivity contribution in [3.05, 3.63) is 29.8 Å². The number of benzene rings is 1. The summed E-state index contributed by atoms with van der Waals surface area (Å²) in [5, 5.41) is 2.97. The quantitative estimate of drug-likeness (QED) is 0.756. The fraction of sp³-hybridized carbons (Fsp3) is 0.588. The van der Waals surface area contributed by atoms with Crippen LogP contribution in [0.25, 0.3) is 0 Å². The molecule has 0 saturated carbocycles. The highest BCUT2D eigenvalue weighted by Gasteiger charge is 2.26. The fourth-order valence-electron chi connectivity index (χ4n) is 2.95. The van der Waals surface area contributed by atoms with E-state index in [0.717, 1.165) is 38.8 Å². The van der Waals surface area contributed by atoms with Crippen LogP contribution in [0, 0.1) is 0 Å². The lowest BCUT2D eigenvalue weighted by Gasteiger charge is -2.23. The minimum Gasteiger partial charge on any atom is -0.371 e. The van der Waals surface area contributed by atoms with Crippen LogP contribution < -0.4 is 16.0 Å². The van der Waals surface area contributed by atoms with Gasteiger partial charge in [0.1, 0.15) is 0 Å². The number of amides is 1. The third kappa shape index (κ3) is 3.97. The first-order chi connectivity index (χ1) is 10.0. The summed E-state index contributed by atoms with van der Waals surface area (Å²) in [6.45, 7) is 6.60. The number of hydrogen-bond acceptors (Lipinski definition) is 3. The molecule has 1 aromatic rings. The summed E-state index contributed by atoms with van der Waals surface area (Å²) in [4.78, 5) is 14.4. The summed E-state index contributed by atoms with van der Waals surface area (Å²) in [6.07, 6.45) is 3.71. The molecule has 2 rings (SSSR count). The van der Waals surface area contributed by atoms with Crippen molar-refractivity contribution in [2.75, 3.05) is 24.5 Å². The molecule has 1 aliphatic heterocycles. The average molecular weight is 289 g/mol. The molecule has 0 saturated heterocycles. The van der Waals surface area contributed by atoms with Gasteiger partial charge in [0, 0.05) is 25.3 Å². The highest BCUT2D eigenvalue weighted by Crippen LogP contribution is 2.27. The van der Waals surface area contributed by atoms with E-state index in [0.29, 0.717) is 6.54 Å². The van der Waals surface area contributed by atoms with E-state index in [2.05, 4.69) is 34.5 Å². The largest absolute Gasteiger partial charge is 0.371 e. The van der Waals surface area contributed by atoms with Crippen LogP contribution in [0.5, 0.6) is 0 Å². The van der Waals surface area contributed by atoms with Gasteiger partial charge in [0.2, 0.25) is 5.91 Å². The molecule has 1 atom stereocenters. The normalized spacial score (nSPS) is 16.4. The van der Waals surface area contributed by atoms with Gasteiger partial charge in [-0.05, 0) is 37.8 Å². The number of hydrogen-bond donors (Lipinski definition) is 2. The zero-order valence-corrected chi connectivity index (χ0v) is 13.2. The molecule has 0 radical (unpaired) electrons. The molecule has 0 aliphatic carbocycles. The molecular formula is C17H27N3O. The molecular weight excluding hydrogens is 262 g/mol. The number of nitrogens with one attached hydrogen (secondary N) is 1. The van der Waals surface area contributed by atoms with Gasteiger partial charge in [0.25, 0.3) is 0 Å². The fourth-order valence-corrected chi connectivity index (χ4v) is 2.95. The Balaban J connectivity index is 1.73. The lowest BCUT2D eigenvalue weighted by molar-refractivity contribution is -0.126. The van der Waals surface area contributed by atoms with Crippen LogP contribution >= 0.6 is 0 Å². The first-order valence-electron chi connectivity index (χ1n) is 7.94. The third-order valence-corrected chi connectivity index (χ3v) is 4.16. The van der Waals surface area contributed by atoms with Gasteiger partial charge in [-0.25, -0.2) is 0 Å². The maximum Gasteiger partial charge on any atom is 0.239 e. The summed E-state index contributed by atoms with van der Waals surface area (Å²) in [7, 11) is 0. The second kappa shape index (κ2) is 6.94. The van der Waals surface area contributed by atoms with Crippen molar-refractivity contribution in [1.29, 1.82) is 0 Å². The van der Waals surface area contributed by atoms with E-state index in [4.69, 9.17) is 5.73 Å². The SMILES string of the molecule is CCCC(C)(N)C(=O)NCCCN1CCc2ccccc21. The molecule has 1 aliphatic rings. The Hall–Kier alpha value is -1.55. The zero-order chi connectivity index (χ0) is 15.3. The van der Waals surface area contributed by atoms with Crippen molar-refractivity contribution in [3.63, 3.8) is 0 Å². The predicted molar refractivity (Wildman–Crippen MR) is 87.5 cm³/mol. The van der Waals surface area contributed by atoms with Crippen molar-refractivity contribution < 1.29 is 4.79 Å². The van der Waals surface area contributed by atoms with Gasteiger partial charge in [-0.15, -0.1) is 0 Å². The second-order valence-electron chi connectivity index (χ2n) is 6.14. The lowest BCUT2D eigenvalue weighted by atomic mass is 9.96. The molecule has 0 aromatic heterocycles. The summed E-state index contributed by atoms with van der Waals surface area (Å²) >= 11 is 0. The van der Waals surface area contributed by atoms with Crippen molar-refractivity contribution >= 4 is 11.6 Å². The van der Waals surface area contributed by atoms with E-state index in [1.807, 2.05) is 13.8 Å². The van der Waals surface area contributed by atoms with E-state index in [1.54, 1.807) is 0 Å². The van der Waals surface area contributed by atoms with Crippen molar-refractivity contribution in [2.45, 2.75) is 45.1 Å². The van der Waals surface area contributed by atoms with Gasteiger partial charge in [-0.1, -0.05) is 31.5 Å². The van der Waals surface area contributed by atoms with Gasteiger partial charge in [-0.2, -0.15) is 0 Å². The highest BCUT2D eigenvalue weighted by atomic mass is 16.2. The number of anilines is 1. The Morgan fingerprint density at radius 1 is 1.43 bits per heavy atom. The number of carbonyl (C=O) groups excluding carboxylic acids is 1. The monoisotopic (exact) mass is 289 g/mol. The molecule has 1 aromatic carbocycles. The van der Waals surface area contributed by atoms with Crippen LogP contribution in [0.1, 0.15) is 38.7 Å². The number of para-hydroxylation sites is 1. The number of fused-ring (bicyclic) bond motifs is 1. The Kier molecular flexibility index (Phi) is 5.23. The topological polar surface area (TPSA) is 58.4 Å². The van der Waals surface area contributed by atoms with Crippen LogP contribution in [0.4, 0.5) is 5.69 Å². The van der Waals surface area contributed by atoms with Crippen molar-refractivity contribution in [1.82, 2.24) is 5.32 Å². The van der Waals surface area contributed by atoms with E-state index in [9.17, 15) is 4.79 Å². The maximum absolute atomic E-state index is 12.0. The average Bonchev–Trinajstić information content (AvgIpc) is 2.86. The molecule has 116 valence electrons. The Labute approximate surface area is 127 Å². The lowest BCUT2D eigenvalue weighted by Crippen LogP contribution is -2.51. The minimum absolute atomic E-state index is 0.0360. The second-order valence-corrected chi connectivity index (χ2v) is 6.14. The van der Waals surface area contributed by atoms with Gasteiger partial charge in [0.05, 0.1) is 5.54 Å². The predicted octanol–water partition coefficient (Wildman–Crippen LogP) is 2.07. The van der Waals surface area contributed by atoms with Crippen LogP contribution in [0.15, 0.2) is 24.3 Å². The molecule has 1 amide bonds. The van der Waals surface area contributed by atoms with Gasteiger partial charge < -0.3 is 16.0 Å². The zero-order valence-electron chi connectivity index (χ0n) is 13.2. The number of nitrogens with zero attached hydrogens (tertiary/aromatic N) is 1. The smallest absolute Gasteiger partial charge is 0.239 e. The van der Waals surface area contributed by atoms with Crippen LogP contribution in [-0.2, 0) is 11.2 Å². The minimum atomic E-state index is -0.741. The Bertz CT molecular complexity index is 485.